The average molecular weight is 495 g/mol. The quantitative estimate of drug-likeness (QED) is 0.512. The number of benzene rings is 2. The maximum Gasteiger partial charge on any atom is 0.252 e. The molecule has 2 fully saturated rings. The lowest BCUT2D eigenvalue weighted by atomic mass is 9.74. The Morgan fingerprint density at radius 3 is 2.29 bits per heavy atom. The number of sulfonamides is 1. The van der Waals surface area contributed by atoms with Crippen LogP contribution in [-0.4, -0.2) is 61.1 Å². The zero-order valence-corrected chi connectivity index (χ0v) is 20.7. The van der Waals surface area contributed by atoms with E-state index in [-0.39, 0.29) is 24.6 Å². The van der Waals surface area contributed by atoms with Crippen molar-refractivity contribution in [3.63, 3.8) is 0 Å². The summed E-state index contributed by atoms with van der Waals surface area (Å²) in [6, 6.07) is 22.2. The molecule has 0 bridgehead atoms. The van der Waals surface area contributed by atoms with E-state index in [0.717, 1.165) is 36.1 Å². The van der Waals surface area contributed by atoms with Gasteiger partial charge in [0.05, 0.1) is 6.61 Å². The molecule has 0 radical (unpaired) electrons. The SMILES string of the molecule is O=S(=O)(c1cccs1)N1CCCCN2[C@H](CO)[C@@H](c3ccc(C=Cc4ccccc4)cc3)[C@@H]2C1. The molecular weight excluding hydrogens is 464 g/mol. The third-order valence-corrected chi connectivity index (χ3v) is 10.2. The fourth-order valence-corrected chi connectivity index (χ4v) is 7.89. The summed E-state index contributed by atoms with van der Waals surface area (Å²) >= 11 is 1.27. The molecule has 5 rings (SSSR count). The molecule has 0 amide bonds. The van der Waals surface area contributed by atoms with Gasteiger partial charge in [-0.15, -0.1) is 11.3 Å². The van der Waals surface area contributed by atoms with E-state index in [1.54, 1.807) is 16.4 Å². The van der Waals surface area contributed by atoms with Gasteiger partial charge in [-0.05, 0) is 47.5 Å². The first kappa shape index (κ1) is 23.5. The van der Waals surface area contributed by atoms with Gasteiger partial charge in [0.2, 0.25) is 0 Å². The molecule has 2 aliphatic heterocycles. The van der Waals surface area contributed by atoms with E-state index < -0.39 is 10.0 Å². The second-order valence-corrected chi connectivity index (χ2v) is 12.1. The molecule has 0 spiro atoms. The summed E-state index contributed by atoms with van der Waals surface area (Å²) in [7, 11) is -3.50. The van der Waals surface area contributed by atoms with Crippen molar-refractivity contribution in [2.24, 2.45) is 0 Å². The molecule has 0 aliphatic carbocycles. The molecular formula is C27H30N2O3S2. The standard InChI is InChI=1S/C27H30N2O3S2/c30-20-25-27(23-14-12-22(13-15-23)11-10-21-7-2-1-3-8-21)24-19-28(16-4-5-17-29(24)25)34(31,32)26-9-6-18-33-26/h1-3,6-15,18,24-25,27,30H,4-5,16-17,19-20H2/t24-,25+,27-/m0/s1. The van der Waals surface area contributed by atoms with Gasteiger partial charge in [-0.25, -0.2) is 8.42 Å². The summed E-state index contributed by atoms with van der Waals surface area (Å²) in [5.41, 5.74) is 3.43. The molecule has 3 aromatic rings. The molecule has 5 nitrogen and oxygen atoms in total. The number of fused-ring (bicyclic) bond motifs is 1. The van der Waals surface area contributed by atoms with Crippen LogP contribution in [0.3, 0.4) is 0 Å². The van der Waals surface area contributed by atoms with Crippen molar-refractivity contribution >= 4 is 33.5 Å². The first-order valence-electron chi connectivity index (χ1n) is 11.8. The highest BCUT2D eigenvalue weighted by Gasteiger charge is 2.50. The van der Waals surface area contributed by atoms with Crippen molar-refractivity contribution in [2.75, 3.05) is 26.2 Å². The molecule has 2 aliphatic rings. The molecule has 3 atom stereocenters. The predicted octanol–water partition coefficient (Wildman–Crippen LogP) is 4.53. The van der Waals surface area contributed by atoms with Crippen LogP contribution >= 0.6 is 11.3 Å². The molecule has 2 saturated heterocycles. The maximum absolute atomic E-state index is 13.3. The lowest BCUT2D eigenvalue weighted by Gasteiger charge is -2.57. The number of nitrogens with zero attached hydrogens (tertiary/aromatic N) is 2. The Bertz CT molecular complexity index is 1210. The van der Waals surface area contributed by atoms with Crippen molar-refractivity contribution in [1.82, 2.24) is 9.21 Å². The summed E-state index contributed by atoms with van der Waals surface area (Å²) in [6.07, 6.45) is 5.96. The fraction of sp³-hybridized carbons (Fsp3) is 0.333. The zero-order valence-electron chi connectivity index (χ0n) is 19.0. The van der Waals surface area contributed by atoms with Crippen LogP contribution in [0.4, 0.5) is 0 Å². The molecule has 0 saturated carbocycles. The van der Waals surface area contributed by atoms with Gasteiger partial charge in [-0.3, -0.25) is 4.90 Å². The number of aliphatic hydroxyl groups is 1. The first-order chi connectivity index (χ1) is 16.6. The molecule has 7 heteroatoms. The average Bonchev–Trinajstić information content (AvgIpc) is 3.39. The van der Waals surface area contributed by atoms with Gasteiger partial charge < -0.3 is 5.11 Å². The minimum absolute atomic E-state index is 0.0279. The number of aliphatic hydroxyl groups excluding tert-OH is 1. The smallest absolute Gasteiger partial charge is 0.252 e. The van der Waals surface area contributed by atoms with Crippen molar-refractivity contribution in [1.29, 1.82) is 0 Å². The third kappa shape index (κ3) is 4.63. The fourth-order valence-electron chi connectivity index (χ4n) is 5.25. The summed E-state index contributed by atoms with van der Waals surface area (Å²) < 4.78 is 28.6. The van der Waals surface area contributed by atoms with Crippen LogP contribution in [0, 0.1) is 0 Å². The van der Waals surface area contributed by atoms with E-state index in [4.69, 9.17) is 0 Å². The van der Waals surface area contributed by atoms with Crippen LogP contribution in [0.2, 0.25) is 0 Å². The van der Waals surface area contributed by atoms with Crippen LogP contribution in [0.25, 0.3) is 12.2 Å². The van der Waals surface area contributed by atoms with E-state index in [2.05, 4.69) is 53.5 Å². The Balaban J connectivity index is 1.37. The molecule has 3 heterocycles. The van der Waals surface area contributed by atoms with E-state index in [9.17, 15) is 13.5 Å². The highest BCUT2D eigenvalue weighted by atomic mass is 32.2. The van der Waals surface area contributed by atoms with E-state index in [1.165, 1.54) is 11.3 Å². The lowest BCUT2D eigenvalue weighted by Crippen LogP contribution is -2.67. The van der Waals surface area contributed by atoms with Crippen molar-refractivity contribution < 1.29 is 13.5 Å². The Morgan fingerprint density at radius 2 is 1.62 bits per heavy atom. The number of thiophene rings is 1. The normalized spacial score (nSPS) is 24.3. The van der Waals surface area contributed by atoms with Crippen LogP contribution in [0.1, 0.15) is 35.4 Å². The topological polar surface area (TPSA) is 60.9 Å². The minimum atomic E-state index is -3.50. The van der Waals surface area contributed by atoms with E-state index in [1.807, 2.05) is 23.6 Å². The predicted molar refractivity (Wildman–Crippen MR) is 138 cm³/mol. The Morgan fingerprint density at radius 1 is 0.912 bits per heavy atom. The monoisotopic (exact) mass is 494 g/mol. The minimum Gasteiger partial charge on any atom is -0.395 e. The van der Waals surface area contributed by atoms with Gasteiger partial charge in [0.1, 0.15) is 4.21 Å². The zero-order chi connectivity index (χ0) is 23.5. The second kappa shape index (κ2) is 10.1. The number of rotatable bonds is 6. The Hall–Kier alpha value is -2.29. The molecule has 1 N–H and O–H groups in total. The van der Waals surface area contributed by atoms with Crippen LogP contribution in [0.5, 0.6) is 0 Å². The third-order valence-electron chi connectivity index (χ3n) is 7.01. The second-order valence-electron chi connectivity index (χ2n) is 8.99. The number of hydrogen-bond acceptors (Lipinski definition) is 5. The molecule has 34 heavy (non-hydrogen) atoms. The molecule has 178 valence electrons. The number of hydrogen-bond donors (Lipinski definition) is 1. The highest BCUT2D eigenvalue weighted by Crippen LogP contribution is 2.42. The van der Waals surface area contributed by atoms with Gasteiger partial charge in [0.15, 0.2) is 0 Å². The molecule has 1 aromatic heterocycles. The van der Waals surface area contributed by atoms with Crippen molar-refractivity contribution in [3.05, 3.63) is 88.8 Å². The first-order valence-corrected chi connectivity index (χ1v) is 14.1. The van der Waals surface area contributed by atoms with Gasteiger partial charge in [0.25, 0.3) is 10.0 Å². The summed E-state index contributed by atoms with van der Waals surface area (Å²) in [4.78, 5) is 2.31. The lowest BCUT2D eigenvalue weighted by molar-refractivity contribution is -0.0553. The Labute approximate surface area is 206 Å². The Kier molecular flexibility index (Phi) is 6.99. The largest absolute Gasteiger partial charge is 0.395 e. The van der Waals surface area contributed by atoms with Crippen LogP contribution < -0.4 is 0 Å². The summed E-state index contributed by atoms with van der Waals surface area (Å²) in [6.45, 7) is 1.98. The highest BCUT2D eigenvalue weighted by molar-refractivity contribution is 7.91. The molecule has 0 unspecified atom stereocenters. The van der Waals surface area contributed by atoms with Gasteiger partial charge in [0, 0.05) is 31.1 Å². The van der Waals surface area contributed by atoms with Crippen LogP contribution in [-0.2, 0) is 10.0 Å². The van der Waals surface area contributed by atoms with E-state index >= 15 is 0 Å². The van der Waals surface area contributed by atoms with Crippen molar-refractivity contribution in [3.8, 4) is 0 Å². The van der Waals surface area contributed by atoms with Crippen molar-refractivity contribution in [2.45, 2.75) is 35.1 Å². The summed E-state index contributed by atoms with van der Waals surface area (Å²) in [5, 5.41) is 12.0. The molecule has 2 aromatic carbocycles. The summed E-state index contributed by atoms with van der Waals surface area (Å²) in [5.74, 6) is 0.108. The van der Waals surface area contributed by atoms with Gasteiger partial charge in [-0.2, -0.15) is 4.31 Å². The van der Waals surface area contributed by atoms with Gasteiger partial charge in [-0.1, -0.05) is 72.8 Å². The van der Waals surface area contributed by atoms with E-state index in [0.29, 0.717) is 17.3 Å². The van der Waals surface area contributed by atoms with Crippen LogP contribution in [0.15, 0.2) is 76.3 Å². The van der Waals surface area contributed by atoms with Gasteiger partial charge >= 0.3 is 0 Å². The maximum atomic E-state index is 13.3.